The van der Waals surface area contributed by atoms with Crippen molar-refractivity contribution in [2.75, 3.05) is 27.3 Å². The first-order valence-corrected chi connectivity index (χ1v) is 9.29. The van der Waals surface area contributed by atoms with Crippen molar-refractivity contribution in [1.29, 1.82) is 0 Å². The minimum Gasteiger partial charge on any atom is -0.480 e. The van der Waals surface area contributed by atoms with E-state index in [4.69, 9.17) is 9.47 Å². The maximum absolute atomic E-state index is 13.2. The van der Waals surface area contributed by atoms with Crippen LogP contribution >= 0.6 is 0 Å². The van der Waals surface area contributed by atoms with Gasteiger partial charge in [0.05, 0.1) is 0 Å². The molecule has 1 N–H and O–H groups in total. The predicted octanol–water partition coefficient (Wildman–Crippen LogP) is 2.61. The molecule has 0 fully saturated rings. The quantitative estimate of drug-likeness (QED) is 0.578. The first-order chi connectivity index (χ1) is 12.3. The van der Waals surface area contributed by atoms with Crippen molar-refractivity contribution in [2.24, 2.45) is 5.92 Å². The third-order valence-electron chi connectivity index (χ3n) is 3.98. The predicted molar refractivity (Wildman–Crippen MR) is 103 cm³/mol. The van der Waals surface area contributed by atoms with Crippen molar-refractivity contribution in [3.05, 3.63) is 0 Å². The van der Waals surface area contributed by atoms with Gasteiger partial charge in [0, 0.05) is 27.3 Å². The molecule has 0 aromatic rings. The molecule has 158 valence electrons. The Morgan fingerprint density at radius 3 is 2.07 bits per heavy atom. The standard InChI is InChI=1S/C19H36N2O6/c1-13(2)12-15(20(7)18(25)27-19(4,5)6)16(22)21(10-9-11-26-8)14(3)17(23)24/h13-15H,9-12H2,1-8H3,(H,23,24)/t14-,15-/m1/s1. The number of nitrogens with zero attached hydrogens (tertiary/aromatic N) is 2. The van der Waals surface area contributed by atoms with Gasteiger partial charge in [-0.1, -0.05) is 13.8 Å². The fourth-order valence-electron chi connectivity index (χ4n) is 2.53. The van der Waals surface area contributed by atoms with Crippen molar-refractivity contribution in [2.45, 2.75) is 72.1 Å². The molecule has 0 aliphatic heterocycles. The summed E-state index contributed by atoms with van der Waals surface area (Å²) in [4.78, 5) is 39.7. The lowest BCUT2D eigenvalue weighted by atomic mass is 10.0. The van der Waals surface area contributed by atoms with Crippen molar-refractivity contribution in [3.8, 4) is 0 Å². The normalized spacial score (nSPS) is 13.8. The summed E-state index contributed by atoms with van der Waals surface area (Å²) >= 11 is 0. The molecule has 0 aliphatic carbocycles. The summed E-state index contributed by atoms with van der Waals surface area (Å²) in [5, 5.41) is 9.39. The van der Waals surface area contributed by atoms with Crippen LogP contribution in [-0.2, 0) is 19.1 Å². The van der Waals surface area contributed by atoms with Crippen LogP contribution in [0.15, 0.2) is 0 Å². The van der Waals surface area contributed by atoms with Crippen LogP contribution in [0.4, 0.5) is 4.79 Å². The number of hydrogen-bond donors (Lipinski definition) is 1. The van der Waals surface area contributed by atoms with Crippen LogP contribution in [0.25, 0.3) is 0 Å². The molecule has 0 rings (SSSR count). The van der Waals surface area contributed by atoms with Crippen molar-refractivity contribution < 1.29 is 29.0 Å². The third kappa shape index (κ3) is 9.08. The molecule has 0 unspecified atom stereocenters. The summed E-state index contributed by atoms with van der Waals surface area (Å²) in [6, 6.07) is -1.81. The van der Waals surface area contributed by atoms with E-state index >= 15 is 0 Å². The van der Waals surface area contributed by atoms with Gasteiger partial charge in [0.15, 0.2) is 0 Å². The molecule has 0 heterocycles. The summed E-state index contributed by atoms with van der Waals surface area (Å²) in [7, 11) is 3.06. The molecule has 2 amide bonds. The molecule has 0 aromatic heterocycles. The number of amides is 2. The van der Waals surface area contributed by atoms with Gasteiger partial charge in [-0.2, -0.15) is 0 Å². The van der Waals surface area contributed by atoms with E-state index in [-0.39, 0.29) is 12.5 Å². The number of aliphatic carboxylic acids is 1. The molecule has 0 radical (unpaired) electrons. The third-order valence-corrected chi connectivity index (χ3v) is 3.98. The van der Waals surface area contributed by atoms with Gasteiger partial charge in [-0.15, -0.1) is 0 Å². The molecule has 0 aliphatic rings. The van der Waals surface area contributed by atoms with E-state index in [1.165, 1.54) is 23.8 Å². The molecule has 8 nitrogen and oxygen atoms in total. The largest absolute Gasteiger partial charge is 0.480 e. The molecule has 27 heavy (non-hydrogen) atoms. The molecule has 0 saturated heterocycles. The SMILES string of the molecule is COCCCN(C(=O)[C@@H](CC(C)C)N(C)C(=O)OC(C)(C)C)[C@H](C)C(=O)O. The Morgan fingerprint density at radius 1 is 1.11 bits per heavy atom. The van der Waals surface area contributed by atoms with E-state index in [0.29, 0.717) is 19.4 Å². The number of carbonyl (C=O) groups is 3. The lowest BCUT2D eigenvalue weighted by Crippen LogP contribution is -2.54. The lowest BCUT2D eigenvalue weighted by molar-refractivity contribution is -0.152. The van der Waals surface area contributed by atoms with Gasteiger partial charge < -0.3 is 19.5 Å². The Morgan fingerprint density at radius 2 is 1.67 bits per heavy atom. The molecule has 2 atom stereocenters. The first kappa shape index (κ1) is 25.2. The van der Waals surface area contributed by atoms with Crippen LogP contribution in [0, 0.1) is 5.92 Å². The monoisotopic (exact) mass is 388 g/mol. The number of methoxy groups -OCH3 is 1. The van der Waals surface area contributed by atoms with E-state index in [9.17, 15) is 19.5 Å². The Bertz CT molecular complexity index is 501. The zero-order valence-electron chi connectivity index (χ0n) is 17.9. The minimum atomic E-state index is -1.09. The Hall–Kier alpha value is -1.83. The van der Waals surface area contributed by atoms with Crippen LogP contribution in [0.5, 0.6) is 0 Å². The Kier molecular flexibility index (Phi) is 10.4. The fraction of sp³-hybridized carbons (Fsp3) is 0.842. The van der Waals surface area contributed by atoms with Gasteiger partial charge in [0.1, 0.15) is 17.7 Å². The molecule has 0 aromatic carbocycles. The zero-order valence-corrected chi connectivity index (χ0v) is 17.9. The van der Waals surface area contributed by atoms with Crippen LogP contribution < -0.4 is 0 Å². The van der Waals surface area contributed by atoms with E-state index in [1.807, 2.05) is 13.8 Å². The highest BCUT2D eigenvalue weighted by molar-refractivity contribution is 5.89. The van der Waals surface area contributed by atoms with Crippen LogP contribution in [0.3, 0.4) is 0 Å². The number of carboxylic acid groups (broad SMARTS) is 1. The van der Waals surface area contributed by atoms with Gasteiger partial charge in [0.2, 0.25) is 5.91 Å². The van der Waals surface area contributed by atoms with Gasteiger partial charge in [0.25, 0.3) is 0 Å². The number of hydrogen-bond acceptors (Lipinski definition) is 5. The molecule has 8 heteroatoms. The average molecular weight is 389 g/mol. The van der Waals surface area contributed by atoms with E-state index in [0.717, 1.165) is 0 Å². The van der Waals surface area contributed by atoms with Crippen molar-refractivity contribution >= 4 is 18.0 Å². The second-order valence-corrected chi connectivity index (χ2v) is 8.13. The van der Waals surface area contributed by atoms with Gasteiger partial charge in [-0.25, -0.2) is 9.59 Å². The van der Waals surface area contributed by atoms with E-state index in [2.05, 4.69) is 0 Å². The molecule has 0 saturated carbocycles. The molecule has 0 spiro atoms. The Labute approximate surface area is 162 Å². The lowest BCUT2D eigenvalue weighted by Gasteiger charge is -2.36. The van der Waals surface area contributed by atoms with Gasteiger partial charge in [-0.05, 0) is 46.5 Å². The zero-order chi connectivity index (χ0) is 21.4. The van der Waals surface area contributed by atoms with Crippen molar-refractivity contribution in [3.63, 3.8) is 0 Å². The first-order valence-electron chi connectivity index (χ1n) is 9.29. The summed E-state index contributed by atoms with van der Waals surface area (Å²) in [6.07, 6.45) is 0.299. The topological polar surface area (TPSA) is 96.4 Å². The summed E-state index contributed by atoms with van der Waals surface area (Å²) < 4.78 is 10.4. The summed E-state index contributed by atoms with van der Waals surface area (Å²) in [5.41, 5.74) is -0.691. The molecular weight excluding hydrogens is 352 g/mol. The molecule has 0 bridgehead atoms. The average Bonchev–Trinajstić information content (AvgIpc) is 2.53. The number of rotatable bonds is 10. The number of ether oxygens (including phenoxy) is 2. The highest BCUT2D eigenvalue weighted by atomic mass is 16.6. The number of carboxylic acids is 1. The van der Waals surface area contributed by atoms with Gasteiger partial charge in [-0.3, -0.25) is 9.69 Å². The van der Waals surface area contributed by atoms with Crippen LogP contribution in [0.2, 0.25) is 0 Å². The van der Waals surface area contributed by atoms with E-state index < -0.39 is 35.7 Å². The smallest absolute Gasteiger partial charge is 0.410 e. The highest BCUT2D eigenvalue weighted by Gasteiger charge is 2.36. The van der Waals surface area contributed by atoms with E-state index in [1.54, 1.807) is 27.9 Å². The number of likely N-dealkylation sites (N-methyl/N-ethyl adjacent to an activating group) is 1. The van der Waals surface area contributed by atoms with Gasteiger partial charge >= 0.3 is 12.1 Å². The second-order valence-electron chi connectivity index (χ2n) is 8.13. The van der Waals surface area contributed by atoms with Crippen LogP contribution in [-0.4, -0.2) is 77.9 Å². The fourth-order valence-corrected chi connectivity index (χ4v) is 2.53. The van der Waals surface area contributed by atoms with Crippen molar-refractivity contribution in [1.82, 2.24) is 9.80 Å². The second kappa shape index (κ2) is 11.1. The summed E-state index contributed by atoms with van der Waals surface area (Å²) in [5.74, 6) is -1.36. The maximum atomic E-state index is 13.2. The van der Waals surface area contributed by atoms with Crippen LogP contribution in [0.1, 0.15) is 54.4 Å². The number of carbonyl (C=O) groups excluding carboxylic acids is 2. The minimum absolute atomic E-state index is 0.129. The maximum Gasteiger partial charge on any atom is 0.410 e. The molecular formula is C19H36N2O6. The highest BCUT2D eigenvalue weighted by Crippen LogP contribution is 2.18. The Balaban J connectivity index is 5.60. The summed E-state index contributed by atoms with van der Waals surface area (Å²) in [6.45, 7) is 11.2.